The molecule has 2 aromatic heterocycles. The monoisotopic (exact) mass is 346 g/mol. The van der Waals surface area contributed by atoms with Gasteiger partial charge in [0, 0.05) is 32.8 Å². The van der Waals surface area contributed by atoms with E-state index in [0.717, 1.165) is 11.4 Å². The Morgan fingerprint density at radius 2 is 2.12 bits per heavy atom. The van der Waals surface area contributed by atoms with E-state index in [2.05, 4.69) is 20.8 Å². The maximum absolute atomic E-state index is 12.4. The highest BCUT2D eigenvalue weighted by atomic mass is 16.5. The van der Waals surface area contributed by atoms with E-state index in [1.807, 2.05) is 6.92 Å². The third-order valence-electron chi connectivity index (χ3n) is 4.11. The van der Waals surface area contributed by atoms with Crippen molar-refractivity contribution >= 4 is 11.8 Å². The minimum atomic E-state index is -0.218. The first kappa shape index (κ1) is 17.2. The lowest BCUT2D eigenvalue weighted by atomic mass is 10.2. The number of aryl methyl sites for hydroxylation is 2. The van der Waals surface area contributed by atoms with Crippen molar-refractivity contribution in [2.24, 2.45) is 7.05 Å². The number of carbonyl (C=O) groups is 2. The van der Waals surface area contributed by atoms with Gasteiger partial charge < -0.3 is 15.4 Å². The number of methoxy groups -OCH3 is 1. The maximum Gasteiger partial charge on any atom is 0.271 e. The molecule has 0 saturated heterocycles. The highest BCUT2D eigenvalue weighted by Gasteiger charge is 2.27. The fourth-order valence-electron chi connectivity index (χ4n) is 2.95. The van der Waals surface area contributed by atoms with Crippen LogP contribution in [0, 0.1) is 6.92 Å². The molecule has 2 N–H and O–H groups in total. The predicted octanol–water partition coefficient (Wildman–Crippen LogP) is -0.344. The standard InChI is InChI=1S/C16H22N6O3/c1-10-6-14(21(2)19-10)16(24)18-11-7-12-8-13(20-22(12)9-11)15(23)17-4-5-25-3/h6,8,11H,4-5,7,9H2,1-3H3,(H,17,23)(H,18,24). The van der Waals surface area contributed by atoms with Crippen molar-refractivity contribution in [3.05, 3.63) is 34.9 Å². The molecule has 134 valence electrons. The van der Waals surface area contributed by atoms with Crippen LogP contribution in [-0.4, -0.2) is 57.7 Å². The molecule has 9 nitrogen and oxygen atoms in total. The minimum Gasteiger partial charge on any atom is -0.383 e. The van der Waals surface area contributed by atoms with Crippen molar-refractivity contribution in [1.82, 2.24) is 30.2 Å². The largest absolute Gasteiger partial charge is 0.383 e. The van der Waals surface area contributed by atoms with Crippen molar-refractivity contribution in [3.8, 4) is 0 Å². The minimum absolute atomic E-state index is 0.0455. The van der Waals surface area contributed by atoms with Crippen LogP contribution in [0.2, 0.25) is 0 Å². The van der Waals surface area contributed by atoms with Crippen molar-refractivity contribution < 1.29 is 14.3 Å². The summed E-state index contributed by atoms with van der Waals surface area (Å²) in [4.78, 5) is 24.3. The van der Waals surface area contributed by atoms with Crippen LogP contribution in [0.5, 0.6) is 0 Å². The highest BCUT2D eigenvalue weighted by molar-refractivity contribution is 5.93. The van der Waals surface area contributed by atoms with Crippen LogP contribution in [0.25, 0.3) is 0 Å². The van der Waals surface area contributed by atoms with Gasteiger partial charge in [-0.25, -0.2) is 0 Å². The fraction of sp³-hybridized carbons (Fsp3) is 0.500. The Morgan fingerprint density at radius 3 is 2.76 bits per heavy atom. The van der Waals surface area contributed by atoms with Gasteiger partial charge in [0.2, 0.25) is 0 Å². The molecule has 0 spiro atoms. The van der Waals surface area contributed by atoms with Crippen molar-refractivity contribution in [1.29, 1.82) is 0 Å². The van der Waals surface area contributed by atoms with Crippen LogP contribution in [0.3, 0.4) is 0 Å². The number of nitrogens with one attached hydrogen (secondary N) is 2. The van der Waals surface area contributed by atoms with Gasteiger partial charge in [-0.3, -0.25) is 19.0 Å². The summed E-state index contributed by atoms with van der Waals surface area (Å²) in [5.41, 5.74) is 2.65. The molecule has 0 aliphatic carbocycles. The summed E-state index contributed by atoms with van der Waals surface area (Å²) in [6, 6.07) is 3.48. The molecule has 0 saturated carbocycles. The van der Waals surface area contributed by atoms with Crippen LogP contribution in [-0.2, 0) is 24.8 Å². The van der Waals surface area contributed by atoms with Gasteiger partial charge in [0.05, 0.1) is 24.9 Å². The van der Waals surface area contributed by atoms with Gasteiger partial charge in [-0.2, -0.15) is 10.2 Å². The van der Waals surface area contributed by atoms with E-state index < -0.39 is 0 Å². The number of rotatable bonds is 6. The second kappa shape index (κ2) is 7.06. The Morgan fingerprint density at radius 1 is 1.32 bits per heavy atom. The molecule has 0 fully saturated rings. The molecule has 0 radical (unpaired) electrons. The molecule has 0 bridgehead atoms. The zero-order valence-electron chi connectivity index (χ0n) is 14.6. The average molecular weight is 346 g/mol. The van der Waals surface area contributed by atoms with E-state index in [4.69, 9.17) is 4.74 Å². The number of aromatic nitrogens is 4. The lowest BCUT2D eigenvalue weighted by Crippen LogP contribution is -2.37. The summed E-state index contributed by atoms with van der Waals surface area (Å²) >= 11 is 0. The molecule has 1 unspecified atom stereocenters. The van der Waals surface area contributed by atoms with Crippen LogP contribution in [0.4, 0.5) is 0 Å². The molecular formula is C16H22N6O3. The molecule has 2 amide bonds. The molecule has 2 aromatic rings. The Hall–Kier alpha value is -2.68. The first-order chi connectivity index (χ1) is 12.0. The van der Waals surface area contributed by atoms with E-state index in [0.29, 0.717) is 37.5 Å². The normalized spacial score (nSPS) is 15.9. The van der Waals surface area contributed by atoms with Gasteiger partial charge in [-0.1, -0.05) is 0 Å². The van der Waals surface area contributed by atoms with Crippen LogP contribution < -0.4 is 10.6 Å². The summed E-state index contributed by atoms with van der Waals surface area (Å²) in [7, 11) is 3.33. The number of fused-ring (bicyclic) bond motifs is 1. The van der Waals surface area contributed by atoms with E-state index in [1.54, 1.807) is 35.7 Å². The lowest BCUT2D eigenvalue weighted by molar-refractivity contribution is 0.0916. The summed E-state index contributed by atoms with van der Waals surface area (Å²) < 4.78 is 8.24. The molecule has 1 aliphatic heterocycles. The zero-order chi connectivity index (χ0) is 18.0. The molecule has 1 aliphatic rings. The summed E-state index contributed by atoms with van der Waals surface area (Å²) in [5.74, 6) is -0.374. The second-order valence-corrected chi connectivity index (χ2v) is 6.12. The predicted molar refractivity (Wildman–Crippen MR) is 89.3 cm³/mol. The fourth-order valence-corrected chi connectivity index (χ4v) is 2.95. The van der Waals surface area contributed by atoms with Crippen molar-refractivity contribution in [3.63, 3.8) is 0 Å². The Bertz CT molecular complexity index is 770. The average Bonchev–Trinajstić information content (AvgIpc) is 3.20. The summed E-state index contributed by atoms with van der Waals surface area (Å²) in [5, 5.41) is 14.2. The van der Waals surface area contributed by atoms with E-state index in [1.165, 1.54) is 0 Å². The topological polar surface area (TPSA) is 103 Å². The van der Waals surface area contributed by atoms with Gasteiger partial charge >= 0.3 is 0 Å². The molecule has 9 heteroatoms. The summed E-state index contributed by atoms with van der Waals surface area (Å²) in [6.07, 6.45) is 0.640. The molecule has 3 rings (SSSR count). The van der Waals surface area contributed by atoms with Gasteiger partial charge in [0.1, 0.15) is 11.4 Å². The lowest BCUT2D eigenvalue weighted by Gasteiger charge is -2.11. The van der Waals surface area contributed by atoms with Gasteiger partial charge in [-0.05, 0) is 19.1 Å². The SMILES string of the molecule is COCCNC(=O)c1cc2n(n1)CC(NC(=O)c1cc(C)nn1C)C2. The van der Waals surface area contributed by atoms with Crippen LogP contribution in [0.15, 0.2) is 12.1 Å². The molecule has 0 aromatic carbocycles. The first-order valence-electron chi connectivity index (χ1n) is 8.13. The van der Waals surface area contributed by atoms with Gasteiger partial charge in [0.25, 0.3) is 11.8 Å². The number of carbonyl (C=O) groups excluding carboxylic acids is 2. The quantitative estimate of drug-likeness (QED) is 0.697. The number of hydrogen-bond acceptors (Lipinski definition) is 5. The molecule has 3 heterocycles. The number of nitrogens with zero attached hydrogens (tertiary/aromatic N) is 4. The number of ether oxygens (including phenoxy) is 1. The third kappa shape index (κ3) is 3.71. The Kier molecular flexibility index (Phi) is 4.84. The number of amides is 2. The second-order valence-electron chi connectivity index (χ2n) is 6.12. The molecule has 25 heavy (non-hydrogen) atoms. The maximum atomic E-state index is 12.4. The van der Waals surface area contributed by atoms with Gasteiger partial charge in [0.15, 0.2) is 0 Å². The van der Waals surface area contributed by atoms with Crippen molar-refractivity contribution in [2.75, 3.05) is 20.3 Å². The van der Waals surface area contributed by atoms with Crippen LogP contribution in [0.1, 0.15) is 32.4 Å². The Balaban J connectivity index is 1.57. The zero-order valence-corrected chi connectivity index (χ0v) is 14.6. The van der Waals surface area contributed by atoms with Gasteiger partial charge in [-0.15, -0.1) is 0 Å². The van der Waals surface area contributed by atoms with E-state index in [9.17, 15) is 9.59 Å². The third-order valence-corrected chi connectivity index (χ3v) is 4.11. The summed E-state index contributed by atoms with van der Waals surface area (Å²) in [6.45, 7) is 3.30. The van der Waals surface area contributed by atoms with E-state index >= 15 is 0 Å². The van der Waals surface area contributed by atoms with Crippen LogP contribution >= 0.6 is 0 Å². The van der Waals surface area contributed by atoms with Crippen molar-refractivity contribution in [2.45, 2.75) is 25.9 Å². The Labute approximate surface area is 145 Å². The van der Waals surface area contributed by atoms with E-state index in [-0.39, 0.29) is 17.9 Å². The number of hydrogen-bond donors (Lipinski definition) is 2. The smallest absolute Gasteiger partial charge is 0.271 e. The molecular weight excluding hydrogens is 324 g/mol. The highest BCUT2D eigenvalue weighted by Crippen LogP contribution is 2.16. The first-order valence-corrected chi connectivity index (χ1v) is 8.13. The molecule has 1 atom stereocenters.